The van der Waals surface area contributed by atoms with Crippen LogP contribution in [0.15, 0.2) is 17.1 Å². The summed E-state index contributed by atoms with van der Waals surface area (Å²) < 4.78 is 0. The van der Waals surface area contributed by atoms with Crippen molar-refractivity contribution in [2.75, 3.05) is 0 Å². The maximum absolute atomic E-state index is 11.5. The minimum atomic E-state index is 0.0567. The first-order valence-electron chi connectivity index (χ1n) is 4.75. The Morgan fingerprint density at radius 3 is 2.15 bits per heavy atom. The van der Waals surface area contributed by atoms with Crippen molar-refractivity contribution in [3.8, 4) is 0 Å². The molecule has 13 heavy (non-hydrogen) atoms. The lowest BCUT2D eigenvalue weighted by atomic mass is 9.92. The number of H-pyrrole nitrogens is 1. The van der Waals surface area contributed by atoms with Gasteiger partial charge in [-0.15, -0.1) is 0 Å². The van der Waals surface area contributed by atoms with E-state index in [1.54, 1.807) is 6.20 Å². The number of nitrogens with one attached hydrogen (secondary N) is 1. The normalized spacial score (nSPS) is 11.2. The van der Waals surface area contributed by atoms with Crippen molar-refractivity contribution >= 4 is 0 Å². The van der Waals surface area contributed by atoms with E-state index in [9.17, 15) is 4.79 Å². The van der Waals surface area contributed by atoms with Crippen molar-refractivity contribution in [2.24, 2.45) is 0 Å². The standard InChI is InChI=1S/C11H17NO/c1-7(2)9-5-6-12-11(13)10(9)8(3)4/h5-8H,1-4H3,(H,12,13). The average molecular weight is 179 g/mol. The van der Waals surface area contributed by atoms with Gasteiger partial charge in [0.05, 0.1) is 0 Å². The molecule has 0 spiro atoms. The van der Waals surface area contributed by atoms with Crippen LogP contribution in [0.5, 0.6) is 0 Å². The van der Waals surface area contributed by atoms with Crippen LogP contribution in [0.3, 0.4) is 0 Å². The Bertz CT molecular complexity index is 336. The summed E-state index contributed by atoms with van der Waals surface area (Å²) in [5, 5.41) is 0. The molecular weight excluding hydrogens is 162 g/mol. The molecular formula is C11H17NO. The lowest BCUT2D eigenvalue weighted by Crippen LogP contribution is -2.16. The molecule has 0 saturated heterocycles. The number of aromatic amines is 1. The average Bonchev–Trinajstić information content (AvgIpc) is 2.02. The van der Waals surface area contributed by atoms with E-state index in [0.29, 0.717) is 11.8 Å². The van der Waals surface area contributed by atoms with Crippen LogP contribution in [0, 0.1) is 0 Å². The topological polar surface area (TPSA) is 32.9 Å². The highest BCUT2D eigenvalue weighted by Crippen LogP contribution is 2.21. The second kappa shape index (κ2) is 3.77. The first-order valence-corrected chi connectivity index (χ1v) is 4.75. The molecule has 1 aromatic heterocycles. The van der Waals surface area contributed by atoms with Crippen LogP contribution in [-0.4, -0.2) is 4.98 Å². The van der Waals surface area contributed by atoms with E-state index in [2.05, 4.69) is 32.7 Å². The zero-order valence-electron chi connectivity index (χ0n) is 8.72. The molecule has 72 valence electrons. The van der Waals surface area contributed by atoms with E-state index >= 15 is 0 Å². The van der Waals surface area contributed by atoms with E-state index in [4.69, 9.17) is 0 Å². The van der Waals surface area contributed by atoms with Gasteiger partial charge in [-0.2, -0.15) is 0 Å². The van der Waals surface area contributed by atoms with Crippen molar-refractivity contribution in [2.45, 2.75) is 39.5 Å². The summed E-state index contributed by atoms with van der Waals surface area (Å²) in [4.78, 5) is 14.3. The molecule has 0 radical (unpaired) electrons. The largest absolute Gasteiger partial charge is 0.329 e. The van der Waals surface area contributed by atoms with Gasteiger partial charge in [-0.3, -0.25) is 4.79 Å². The van der Waals surface area contributed by atoms with Crippen LogP contribution in [0.4, 0.5) is 0 Å². The Balaban J connectivity index is 3.35. The van der Waals surface area contributed by atoms with E-state index in [1.165, 1.54) is 5.56 Å². The Kier molecular flexibility index (Phi) is 2.91. The SMILES string of the molecule is CC(C)c1cc[nH]c(=O)c1C(C)C. The molecule has 0 fully saturated rings. The third-order valence-electron chi connectivity index (χ3n) is 2.23. The van der Waals surface area contributed by atoms with Gasteiger partial charge in [-0.05, 0) is 23.5 Å². The molecule has 0 bridgehead atoms. The van der Waals surface area contributed by atoms with Crippen molar-refractivity contribution in [3.63, 3.8) is 0 Å². The molecule has 0 saturated carbocycles. The first-order chi connectivity index (χ1) is 6.04. The molecule has 1 rings (SSSR count). The number of aromatic nitrogens is 1. The van der Waals surface area contributed by atoms with Gasteiger partial charge < -0.3 is 4.98 Å². The molecule has 2 heteroatoms. The smallest absolute Gasteiger partial charge is 0.251 e. The summed E-state index contributed by atoms with van der Waals surface area (Å²) in [6.07, 6.45) is 1.73. The molecule has 0 aliphatic carbocycles. The van der Waals surface area contributed by atoms with E-state index in [0.717, 1.165) is 5.56 Å². The molecule has 0 aliphatic rings. The number of hydrogen-bond donors (Lipinski definition) is 1. The summed E-state index contributed by atoms with van der Waals surface area (Å²) in [5.74, 6) is 0.710. The number of rotatable bonds is 2. The highest BCUT2D eigenvalue weighted by molar-refractivity contribution is 5.28. The lowest BCUT2D eigenvalue weighted by molar-refractivity contribution is 0.772. The molecule has 1 heterocycles. The summed E-state index contributed by atoms with van der Waals surface area (Å²) in [6.45, 7) is 8.33. The predicted molar refractivity (Wildman–Crippen MR) is 55.2 cm³/mol. The molecule has 1 aromatic rings. The Morgan fingerprint density at radius 1 is 1.15 bits per heavy atom. The van der Waals surface area contributed by atoms with Gasteiger partial charge >= 0.3 is 0 Å². The van der Waals surface area contributed by atoms with Gasteiger partial charge in [0.25, 0.3) is 5.56 Å². The van der Waals surface area contributed by atoms with Crippen LogP contribution in [0.2, 0.25) is 0 Å². The monoisotopic (exact) mass is 179 g/mol. The molecule has 0 aliphatic heterocycles. The fourth-order valence-electron chi connectivity index (χ4n) is 1.60. The minimum absolute atomic E-state index is 0.0567. The molecule has 0 atom stereocenters. The van der Waals surface area contributed by atoms with Crippen molar-refractivity contribution < 1.29 is 0 Å². The summed E-state index contributed by atoms with van der Waals surface area (Å²) in [7, 11) is 0. The van der Waals surface area contributed by atoms with Gasteiger partial charge in [0.15, 0.2) is 0 Å². The van der Waals surface area contributed by atoms with Gasteiger partial charge in [0.1, 0.15) is 0 Å². The van der Waals surface area contributed by atoms with Crippen LogP contribution in [0.25, 0.3) is 0 Å². The molecule has 1 N–H and O–H groups in total. The number of pyridine rings is 1. The molecule has 0 aromatic carbocycles. The second-order valence-electron chi connectivity index (χ2n) is 3.99. The summed E-state index contributed by atoms with van der Waals surface area (Å²) in [6, 6.07) is 2.00. The summed E-state index contributed by atoms with van der Waals surface area (Å²) in [5.41, 5.74) is 2.15. The highest BCUT2D eigenvalue weighted by atomic mass is 16.1. The molecule has 2 nitrogen and oxygen atoms in total. The fourth-order valence-corrected chi connectivity index (χ4v) is 1.60. The Morgan fingerprint density at radius 2 is 1.77 bits per heavy atom. The maximum atomic E-state index is 11.5. The zero-order chi connectivity index (χ0) is 10.0. The van der Waals surface area contributed by atoms with Gasteiger partial charge in [0.2, 0.25) is 0 Å². The van der Waals surface area contributed by atoms with Crippen molar-refractivity contribution in [1.29, 1.82) is 0 Å². The van der Waals surface area contributed by atoms with Crippen LogP contribution in [0.1, 0.15) is 50.7 Å². The van der Waals surface area contributed by atoms with E-state index in [-0.39, 0.29) is 5.56 Å². The maximum Gasteiger partial charge on any atom is 0.251 e. The predicted octanol–water partition coefficient (Wildman–Crippen LogP) is 2.62. The fraction of sp³-hybridized carbons (Fsp3) is 0.545. The third kappa shape index (κ3) is 2.00. The van der Waals surface area contributed by atoms with Crippen LogP contribution in [-0.2, 0) is 0 Å². The Labute approximate surface area is 79.0 Å². The quantitative estimate of drug-likeness (QED) is 0.743. The lowest BCUT2D eigenvalue weighted by Gasteiger charge is -2.13. The minimum Gasteiger partial charge on any atom is -0.329 e. The van der Waals surface area contributed by atoms with Crippen molar-refractivity contribution in [3.05, 3.63) is 33.7 Å². The third-order valence-corrected chi connectivity index (χ3v) is 2.23. The zero-order valence-corrected chi connectivity index (χ0v) is 8.72. The summed E-state index contributed by atoms with van der Waals surface area (Å²) >= 11 is 0. The highest BCUT2D eigenvalue weighted by Gasteiger charge is 2.12. The van der Waals surface area contributed by atoms with E-state index < -0.39 is 0 Å². The molecule has 0 unspecified atom stereocenters. The van der Waals surface area contributed by atoms with Crippen LogP contribution < -0.4 is 5.56 Å². The van der Waals surface area contributed by atoms with Gasteiger partial charge in [0, 0.05) is 11.8 Å². The van der Waals surface area contributed by atoms with Gasteiger partial charge in [-0.25, -0.2) is 0 Å². The van der Waals surface area contributed by atoms with Crippen LogP contribution >= 0.6 is 0 Å². The number of hydrogen-bond acceptors (Lipinski definition) is 1. The van der Waals surface area contributed by atoms with Gasteiger partial charge in [-0.1, -0.05) is 27.7 Å². The van der Waals surface area contributed by atoms with E-state index in [1.807, 2.05) is 6.07 Å². The first kappa shape index (κ1) is 10.0. The Hall–Kier alpha value is -1.05. The van der Waals surface area contributed by atoms with Crippen molar-refractivity contribution in [1.82, 2.24) is 4.98 Å². The molecule has 0 amide bonds. The second-order valence-corrected chi connectivity index (χ2v) is 3.99.